The molecule has 0 bridgehead atoms. The third-order valence-electron chi connectivity index (χ3n) is 20.7. The van der Waals surface area contributed by atoms with E-state index in [1.807, 2.05) is 4.98 Å². The van der Waals surface area contributed by atoms with Crippen LogP contribution < -0.4 is 67.9 Å². The summed E-state index contributed by atoms with van der Waals surface area (Å²) in [5.41, 5.74) is 12.1. The highest BCUT2D eigenvalue weighted by molar-refractivity contribution is 7.55. The number of phosphoric ester groups is 4. The van der Waals surface area contributed by atoms with Crippen LogP contribution in [-0.4, -0.2) is 283 Å². The quantitative estimate of drug-likeness (QED) is 0.0174. The number of aromatic nitrogens is 16. The summed E-state index contributed by atoms with van der Waals surface area (Å²) < 4.78 is 170. The zero-order chi connectivity index (χ0) is 92.4. The molecule has 63 nitrogen and oxygen atoms in total. The number of aryl methyl sites for hydroxylation is 2. The molecule has 26 N–H and O–H groups in total. The van der Waals surface area contributed by atoms with Gasteiger partial charge in [-0.3, -0.25) is 107 Å². The predicted octanol–water partition coefficient (Wildman–Crippen LogP) is -8.82. The van der Waals surface area contributed by atoms with Gasteiger partial charge in [-0.25, -0.2) is 47.4 Å². The number of nitrogens with two attached hydrogens (primary N) is 4. The van der Waals surface area contributed by atoms with E-state index in [-0.39, 0.29) is 23.4 Å². The number of phosphoric acid groups is 4. The van der Waals surface area contributed by atoms with Crippen molar-refractivity contribution in [1.82, 2.24) is 77.2 Å². The number of anilines is 4. The molecule has 0 saturated carbocycles. The molecule has 69 heteroatoms. The van der Waals surface area contributed by atoms with Crippen LogP contribution in [0.1, 0.15) is 61.3 Å². The number of nitrogen functional groups attached to an aromatic ring is 4. The average Bonchev–Trinajstić information content (AvgIpc) is 1.57. The lowest BCUT2D eigenvalue weighted by molar-refractivity contribution is -0.0767. The molecule has 7 unspecified atom stereocenters. The summed E-state index contributed by atoms with van der Waals surface area (Å²) in [6.07, 6.45) is -41.0. The highest BCUT2D eigenvalue weighted by Gasteiger charge is 2.70. The number of nitrogens with zero attached hydrogens (tertiary/aromatic N) is 12. The minimum Gasteiger partial charge on any atom is -0.390 e. The van der Waals surface area contributed by atoms with E-state index in [4.69, 9.17) is 87.5 Å². The van der Waals surface area contributed by atoms with Crippen LogP contribution >= 0.6 is 46.5 Å². The number of imidazole rings is 2. The number of H-pyrrole nitrogens is 4. The van der Waals surface area contributed by atoms with Gasteiger partial charge in [0.05, 0.1) is 58.4 Å². The first kappa shape index (κ1) is 94.4. The van der Waals surface area contributed by atoms with E-state index in [0.29, 0.717) is 24.6 Å². The Morgan fingerprint density at radius 1 is 0.457 bits per heavy atom. The van der Waals surface area contributed by atoms with Crippen LogP contribution in [0.5, 0.6) is 0 Å². The Balaban J connectivity index is 0.725. The normalized spacial score (nSPS) is 32.3. The number of rotatable bonds is 32. The van der Waals surface area contributed by atoms with Gasteiger partial charge in [0, 0.05) is 48.8 Å². The number of aliphatic hydroxyl groups excluding tert-OH is 5. The van der Waals surface area contributed by atoms with Crippen molar-refractivity contribution in [2.75, 3.05) is 62.6 Å². The molecule has 8 aromatic rings. The summed E-state index contributed by atoms with van der Waals surface area (Å²) in [5, 5.41) is 76.3. The molecule has 0 amide bonds. The maximum Gasteiger partial charge on any atom is 0.472 e. The largest absolute Gasteiger partial charge is 0.472 e. The second kappa shape index (κ2) is 35.2. The zero-order valence-electron chi connectivity index (χ0n) is 64.3. The van der Waals surface area contributed by atoms with Gasteiger partial charge < -0.3 is 130 Å². The first-order valence-electron chi connectivity index (χ1n) is 36.5. The second-order valence-electron chi connectivity index (χ2n) is 29.0. The van der Waals surface area contributed by atoms with Crippen molar-refractivity contribution in [1.29, 1.82) is 0 Å². The Kier molecular flexibility index (Phi) is 26.1. The van der Waals surface area contributed by atoms with Crippen molar-refractivity contribution in [2.24, 2.45) is 0 Å². The summed E-state index contributed by atoms with van der Waals surface area (Å²) in [4.78, 5) is 211. The van der Waals surface area contributed by atoms with Crippen molar-refractivity contribution in [2.45, 2.75) is 160 Å². The van der Waals surface area contributed by atoms with Crippen LogP contribution in [-0.2, 0) is 96.5 Å². The molecule has 6 saturated heterocycles. The lowest BCUT2D eigenvalue weighted by Crippen LogP contribution is -2.50. The van der Waals surface area contributed by atoms with Crippen molar-refractivity contribution in [3.63, 3.8) is 0 Å². The van der Waals surface area contributed by atoms with Gasteiger partial charge in [0.25, 0.3) is 22.2 Å². The Morgan fingerprint density at radius 2 is 0.858 bits per heavy atom. The number of hydrogen-bond donors (Lipinski definition) is 22. The summed E-state index contributed by atoms with van der Waals surface area (Å²) in [7, 11) is -36.1. The molecular formula is C58H76N20O43P6. The van der Waals surface area contributed by atoms with E-state index in [1.165, 1.54) is 13.8 Å². The van der Waals surface area contributed by atoms with Crippen LogP contribution in [0.2, 0.25) is 0 Å². The summed E-state index contributed by atoms with van der Waals surface area (Å²) in [5.74, 6) is -2.02. The Labute approximate surface area is 700 Å². The standard InChI is InChI=1S/C58H76N20O43P6/c1-19-9-75(55(90)71-43(19)84)30-7-21(79)22(113-30)11-110-125(101,102)120-38-24(115-48(35(38)81)74-6-4-29(60)66-54(74)89)13-111-127(105,106)121-39-25(116-49(36(39)82)77-17-63-32-41(77)67-51(61)69-45(32)86)14-112-126(103,104)119-37-23(114-47(34(37)80)73-5-3-28(59)65-53(73)88)12-107-123(96,97)58(93)27(118-50(40(58)83)78-18-64-33-42(78)68-52(62)70-46(33)87)16-108-122(94,95)57(92)8-31(117-26(57)15-109-124(98,99)100)76-10-20(2)44(85)72-56(76)91/h3-6,9-10,17-18,21-27,30-31,34-40,47-50,79-83,92-93H,7-8,11-16H2,1-2H3,(H,94,95)(H,96,97)(H,101,102)(H,103,104)(H,105,106)(H2,59,65,88)(H2,60,66,89)(H,71,84,90)(H,72,85,91)(H2,98,99,100)(H3,61,67,69,86)(H3,62,68,70,87)/t21-,22+,23+,24+,25+,26+,27?,30+,31+,34+,35+,36+,37?,38+,39+,40-,47+,48+,49+,50+,57+,58-/m0/s1. The monoisotopic (exact) mass is 1930 g/mol. The van der Waals surface area contributed by atoms with Crippen molar-refractivity contribution >= 4 is 92.3 Å². The van der Waals surface area contributed by atoms with Crippen LogP contribution in [0.15, 0.2) is 87.9 Å². The first-order chi connectivity index (χ1) is 59.3. The molecule has 14 heterocycles. The number of nitrogens with one attached hydrogen (secondary N) is 4. The molecule has 14 rings (SSSR count). The van der Waals surface area contributed by atoms with Crippen LogP contribution in [0.3, 0.4) is 0 Å². The number of ether oxygens (including phenoxy) is 6. The average molecular weight is 1930 g/mol. The SMILES string of the molecule is Cc1cn([C@H]2C[C@H](O)[C@@H](COP(=O)(O)O[C@H]3[C@@H](O)[C@H](n4ccc(N)nc4=O)O[C@@H]3COP(=O)(O)O[C@H]3[C@@H](O)[C@H](n4cnc5c(=O)[nH]c(N)nc54)O[C@@H]3COP(=O)(O)OC3[C@@H](O)[C@H](n4ccc(N)nc4=O)O[C@@H]3COP(=O)(O)[C@@]3(O)C(COP(=O)(O)[C@]4(O)C[C@H](n5cc(C)c(=O)[nH]c5=O)O[C@@H]4COP(=O)(O)O)O[C@@H](n4cnc5c(=O)[nH]c(N)nc54)[C@@H]3O)O2)c(=O)[nH]c1=O. The van der Waals surface area contributed by atoms with E-state index in [1.54, 1.807) is 0 Å². The maximum atomic E-state index is 15.2. The number of aromatic amines is 4. The van der Waals surface area contributed by atoms with Crippen molar-refractivity contribution < 1.29 is 167 Å². The Bertz CT molecular complexity index is 6400. The highest BCUT2D eigenvalue weighted by atomic mass is 31.2. The lowest BCUT2D eigenvalue weighted by Gasteiger charge is -2.36. The van der Waals surface area contributed by atoms with Gasteiger partial charge in [-0.1, -0.05) is 0 Å². The first-order valence-corrected chi connectivity index (χ1v) is 45.6. The second-order valence-corrected chi connectivity index (χ2v) is 38.6. The summed E-state index contributed by atoms with van der Waals surface area (Å²) in [6.45, 7) is -6.44. The third-order valence-corrected chi connectivity index (χ3v) is 28.0. The summed E-state index contributed by atoms with van der Waals surface area (Å²) >= 11 is 0. The van der Waals surface area contributed by atoms with E-state index < -0.39 is 311 Å². The molecule has 6 aliphatic heterocycles. The minimum absolute atomic E-state index is 0.0575. The van der Waals surface area contributed by atoms with Gasteiger partial charge in [0.2, 0.25) is 17.2 Å². The van der Waals surface area contributed by atoms with E-state index in [0.717, 1.165) is 52.4 Å². The smallest absolute Gasteiger partial charge is 0.390 e. The molecule has 27 atom stereocenters. The number of fused-ring (bicyclic) bond motifs is 2. The van der Waals surface area contributed by atoms with Gasteiger partial charge in [0.1, 0.15) is 103 Å². The number of aliphatic hydroxyl groups is 7. The molecule has 127 heavy (non-hydrogen) atoms. The molecule has 6 aliphatic rings. The minimum atomic E-state index is -6.54. The lowest BCUT2D eigenvalue weighted by atomic mass is 10.1. The molecule has 6 fully saturated rings. The van der Waals surface area contributed by atoms with Gasteiger partial charge in [0.15, 0.2) is 52.6 Å². The zero-order valence-corrected chi connectivity index (χ0v) is 69.6. The molecule has 0 spiro atoms. The molecular weight excluding hydrogens is 1850 g/mol. The van der Waals surface area contributed by atoms with Crippen molar-refractivity contribution in [3.05, 3.63) is 144 Å². The number of hydrogen-bond acceptors (Lipinski definition) is 46. The van der Waals surface area contributed by atoms with Crippen LogP contribution in [0, 0.1) is 13.8 Å². The topological polar surface area (TPSA) is 935 Å². The maximum absolute atomic E-state index is 15.2. The Morgan fingerprint density at radius 3 is 1.30 bits per heavy atom. The molecule has 0 aliphatic carbocycles. The van der Waals surface area contributed by atoms with E-state index in [2.05, 4.69) is 49.4 Å². The fourth-order valence-electron chi connectivity index (χ4n) is 14.4. The highest BCUT2D eigenvalue weighted by Crippen LogP contribution is 2.67. The van der Waals surface area contributed by atoms with Gasteiger partial charge in [-0.15, -0.1) is 0 Å². The van der Waals surface area contributed by atoms with E-state index >= 15 is 4.57 Å². The predicted molar refractivity (Wildman–Crippen MR) is 407 cm³/mol. The van der Waals surface area contributed by atoms with Crippen LogP contribution in [0.4, 0.5) is 23.5 Å². The van der Waals surface area contributed by atoms with Crippen LogP contribution in [0.25, 0.3) is 22.3 Å². The third kappa shape index (κ3) is 18.9. The molecule has 8 aromatic heterocycles. The van der Waals surface area contributed by atoms with Gasteiger partial charge in [-0.05, 0) is 26.0 Å². The van der Waals surface area contributed by atoms with E-state index in [9.17, 15) is 131 Å². The Hall–Kier alpha value is -8.76. The summed E-state index contributed by atoms with van der Waals surface area (Å²) in [6, 6.07) is 1.99. The molecule has 0 aromatic carbocycles. The molecule has 0 radical (unpaired) electrons. The van der Waals surface area contributed by atoms with Crippen molar-refractivity contribution in [3.8, 4) is 0 Å². The van der Waals surface area contributed by atoms with Gasteiger partial charge >= 0.3 is 69.2 Å². The fraction of sp³-hybridized carbons (Fsp3) is 0.552. The van der Waals surface area contributed by atoms with Gasteiger partial charge in [-0.2, -0.15) is 19.9 Å². The fourth-order valence-corrected chi connectivity index (χ4v) is 20.6. The molecule has 696 valence electrons.